The van der Waals surface area contributed by atoms with Crippen LogP contribution in [-0.4, -0.2) is 18.4 Å². The Kier molecular flexibility index (Phi) is 5.30. The summed E-state index contributed by atoms with van der Waals surface area (Å²) in [6, 6.07) is 10.8. The molecule has 3 rings (SSSR count). The molecule has 0 spiro atoms. The molecule has 1 aliphatic rings. The third kappa shape index (κ3) is 3.97. The van der Waals surface area contributed by atoms with E-state index in [0.29, 0.717) is 21.3 Å². The summed E-state index contributed by atoms with van der Waals surface area (Å²) in [6.07, 6.45) is 1.91. The van der Waals surface area contributed by atoms with Gasteiger partial charge in [-0.05, 0) is 54.3 Å². The predicted octanol–water partition coefficient (Wildman–Crippen LogP) is 4.47. The predicted molar refractivity (Wildman–Crippen MR) is 102 cm³/mol. The van der Waals surface area contributed by atoms with Crippen LogP contribution in [0.3, 0.4) is 0 Å². The number of hydrogen-bond acceptors (Lipinski definition) is 2. The fourth-order valence-electron chi connectivity index (χ4n) is 3.07. The molecule has 0 atom stereocenters. The van der Waals surface area contributed by atoms with Crippen LogP contribution in [0.1, 0.15) is 24.5 Å². The molecule has 0 saturated carbocycles. The molecule has 1 aliphatic heterocycles. The maximum atomic E-state index is 12.3. The Morgan fingerprint density at radius 1 is 1.16 bits per heavy atom. The number of aryl methyl sites for hydroxylation is 1. The van der Waals surface area contributed by atoms with E-state index in [0.717, 1.165) is 30.6 Å². The molecule has 6 heteroatoms. The summed E-state index contributed by atoms with van der Waals surface area (Å²) in [5, 5.41) is 3.83. The Labute approximate surface area is 156 Å². The summed E-state index contributed by atoms with van der Waals surface area (Å²) in [5.74, 6) is -0.153. The van der Waals surface area contributed by atoms with Crippen LogP contribution in [0.4, 0.5) is 11.4 Å². The lowest BCUT2D eigenvalue weighted by molar-refractivity contribution is -0.117. The highest BCUT2D eigenvalue weighted by Gasteiger charge is 2.20. The van der Waals surface area contributed by atoms with Crippen LogP contribution in [0.15, 0.2) is 36.4 Å². The van der Waals surface area contributed by atoms with Gasteiger partial charge in [0.15, 0.2) is 0 Å². The molecular weight excluding hydrogens is 359 g/mol. The fourth-order valence-corrected chi connectivity index (χ4v) is 3.60. The summed E-state index contributed by atoms with van der Waals surface area (Å²) >= 11 is 12.2. The van der Waals surface area contributed by atoms with E-state index in [1.807, 2.05) is 18.2 Å². The van der Waals surface area contributed by atoms with Crippen LogP contribution in [0.5, 0.6) is 0 Å². The second-order valence-corrected chi connectivity index (χ2v) is 6.86. The monoisotopic (exact) mass is 376 g/mol. The molecule has 0 unspecified atom stereocenters. The molecule has 1 N–H and O–H groups in total. The zero-order chi connectivity index (χ0) is 18.0. The smallest absolute Gasteiger partial charge is 0.228 e. The Hall–Kier alpha value is -2.04. The zero-order valence-electron chi connectivity index (χ0n) is 13.8. The van der Waals surface area contributed by atoms with Gasteiger partial charge >= 0.3 is 0 Å². The summed E-state index contributed by atoms with van der Waals surface area (Å²) in [5.41, 5.74) is 3.31. The average molecular weight is 377 g/mol. The lowest BCUT2D eigenvalue weighted by atomic mass is 10.0. The minimum Gasteiger partial charge on any atom is -0.326 e. The van der Waals surface area contributed by atoms with Crippen molar-refractivity contribution in [2.45, 2.75) is 26.2 Å². The van der Waals surface area contributed by atoms with E-state index in [4.69, 9.17) is 23.2 Å². The maximum Gasteiger partial charge on any atom is 0.228 e. The standard InChI is InChI=1S/C19H18Cl2N2O2/c1-12(24)23-9-3-4-13-10-14(7-8-18(13)23)22-19(25)11-15-16(20)5-2-6-17(15)21/h2,5-8,10H,3-4,9,11H2,1H3,(H,22,25). The Bertz CT molecular complexity index is 816. The number of nitrogens with zero attached hydrogens (tertiary/aromatic N) is 1. The molecule has 0 saturated heterocycles. The topological polar surface area (TPSA) is 49.4 Å². The van der Waals surface area contributed by atoms with Crippen LogP contribution in [0.2, 0.25) is 10.0 Å². The van der Waals surface area contributed by atoms with Gasteiger partial charge in [0.2, 0.25) is 11.8 Å². The van der Waals surface area contributed by atoms with E-state index in [1.165, 1.54) is 0 Å². The third-order valence-electron chi connectivity index (χ3n) is 4.26. The van der Waals surface area contributed by atoms with Crippen molar-refractivity contribution in [3.8, 4) is 0 Å². The highest BCUT2D eigenvalue weighted by molar-refractivity contribution is 6.36. The number of anilines is 2. The molecule has 0 fully saturated rings. The second kappa shape index (κ2) is 7.46. The molecule has 1 heterocycles. The minimum absolute atomic E-state index is 0.0334. The normalized spacial score (nSPS) is 13.3. The van der Waals surface area contributed by atoms with Gasteiger partial charge in [-0.3, -0.25) is 9.59 Å². The van der Waals surface area contributed by atoms with Gasteiger partial charge in [-0.25, -0.2) is 0 Å². The fraction of sp³-hybridized carbons (Fsp3) is 0.263. The SMILES string of the molecule is CC(=O)N1CCCc2cc(NC(=O)Cc3c(Cl)cccc3Cl)ccc21. The summed E-state index contributed by atoms with van der Waals surface area (Å²) in [7, 11) is 0. The highest BCUT2D eigenvalue weighted by Crippen LogP contribution is 2.30. The summed E-state index contributed by atoms with van der Waals surface area (Å²) in [4.78, 5) is 25.8. The van der Waals surface area contributed by atoms with Crippen molar-refractivity contribution in [3.63, 3.8) is 0 Å². The number of carbonyl (C=O) groups is 2. The molecule has 25 heavy (non-hydrogen) atoms. The first-order chi connectivity index (χ1) is 12.0. The Morgan fingerprint density at radius 2 is 1.88 bits per heavy atom. The molecule has 2 aromatic rings. The molecule has 130 valence electrons. The molecule has 2 amide bonds. The second-order valence-electron chi connectivity index (χ2n) is 6.04. The number of benzene rings is 2. The lowest BCUT2D eigenvalue weighted by Crippen LogP contribution is -2.33. The van der Waals surface area contributed by atoms with E-state index in [1.54, 1.807) is 30.0 Å². The van der Waals surface area contributed by atoms with Crippen LogP contribution < -0.4 is 10.2 Å². The lowest BCUT2D eigenvalue weighted by Gasteiger charge is -2.29. The molecule has 2 aromatic carbocycles. The number of rotatable bonds is 3. The van der Waals surface area contributed by atoms with Gasteiger partial charge in [-0.15, -0.1) is 0 Å². The number of halogens is 2. The van der Waals surface area contributed by atoms with E-state index in [-0.39, 0.29) is 18.2 Å². The van der Waals surface area contributed by atoms with Crippen molar-refractivity contribution in [2.24, 2.45) is 0 Å². The van der Waals surface area contributed by atoms with Crippen LogP contribution in [0, 0.1) is 0 Å². The van der Waals surface area contributed by atoms with Gasteiger partial charge in [0.25, 0.3) is 0 Å². The van der Waals surface area contributed by atoms with Crippen LogP contribution in [0.25, 0.3) is 0 Å². The van der Waals surface area contributed by atoms with Gasteiger partial charge in [0.1, 0.15) is 0 Å². The van der Waals surface area contributed by atoms with Gasteiger partial charge in [-0.1, -0.05) is 29.3 Å². The van der Waals surface area contributed by atoms with Gasteiger partial charge in [0.05, 0.1) is 6.42 Å². The van der Waals surface area contributed by atoms with Crippen molar-refractivity contribution in [1.82, 2.24) is 0 Å². The average Bonchev–Trinajstić information content (AvgIpc) is 2.57. The van der Waals surface area contributed by atoms with Crippen LogP contribution >= 0.6 is 23.2 Å². The maximum absolute atomic E-state index is 12.3. The molecule has 0 aromatic heterocycles. The minimum atomic E-state index is -0.186. The van der Waals surface area contributed by atoms with Crippen molar-refractivity contribution < 1.29 is 9.59 Å². The number of hydrogen-bond donors (Lipinski definition) is 1. The van der Waals surface area contributed by atoms with E-state index >= 15 is 0 Å². The summed E-state index contributed by atoms with van der Waals surface area (Å²) in [6.45, 7) is 2.30. The van der Waals surface area contributed by atoms with Crippen molar-refractivity contribution in [2.75, 3.05) is 16.8 Å². The van der Waals surface area contributed by atoms with Gasteiger partial charge in [-0.2, -0.15) is 0 Å². The number of nitrogens with one attached hydrogen (secondary N) is 1. The zero-order valence-corrected chi connectivity index (χ0v) is 15.3. The van der Waals surface area contributed by atoms with Crippen molar-refractivity contribution in [1.29, 1.82) is 0 Å². The Morgan fingerprint density at radius 3 is 2.56 bits per heavy atom. The number of amides is 2. The molecule has 4 nitrogen and oxygen atoms in total. The van der Waals surface area contributed by atoms with Gasteiger partial charge in [0, 0.05) is 34.9 Å². The molecule has 0 radical (unpaired) electrons. The molecule has 0 bridgehead atoms. The first-order valence-corrected chi connectivity index (χ1v) is 8.85. The van der Waals surface area contributed by atoms with E-state index < -0.39 is 0 Å². The first kappa shape index (κ1) is 17.8. The molecular formula is C19H18Cl2N2O2. The summed E-state index contributed by atoms with van der Waals surface area (Å²) < 4.78 is 0. The number of fused-ring (bicyclic) bond motifs is 1. The molecule has 0 aliphatic carbocycles. The van der Waals surface area contributed by atoms with Crippen LogP contribution in [-0.2, 0) is 22.4 Å². The quantitative estimate of drug-likeness (QED) is 0.858. The largest absolute Gasteiger partial charge is 0.326 e. The van der Waals surface area contributed by atoms with Gasteiger partial charge < -0.3 is 10.2 Å². The van der Waals surface area contributed by atoms with Crippen molar-refractivity contribution in [3.05, 3.63) is 57.6 Å². The first-order valence-electron chi connectivity index (χ1n) is 8.09. The number of carbonyl (C=O) groups excluding carboxylic acids is 2. The highest BCUT2D eigenvalue weighted by atomic mass is 35.5. The van der Waals surface area contributed by atoms with E-state index in [9.17, 15) is 9.59 Å². The Balaban J connectivity index is 1.75. The third-order valence-corrected chi connectivity index (χ3v) is 4.97. The van der Waals surface area contributed by atoms with E-state index in [2.05, 4.69) is 5.32 Å². The van der Waals surface area contributed by atoms with Crippen molar-refractivity contribution >= 4 is 46.4 Å².